The van der Waals surface area contributed by atoms with Gasteiger partial charge in [-0.3, -0.25) is 9.59 Å². The maximum absolute atomic E-state index is 11.8. The maximum Gasteiger partial charge on any atom is 0.307 e. The van der Waals surface area contributed by atoms with E-state index < -0.39 is 0 Å². The van der Waals surface area contributed by atoms with Gasteiger partial charge in [-0.2, -0.15) is 4.98 Å². The molecule has 7 nitrogen and oxygen atoms in total. The minimum Gasteiger partial charge on any atom is -0.466 e. The number of rotatable bonds is 7. The molecule has 0 aliphatic rings. The van der Waals surface area contributed by atoms with Gasteiger partial charge < -0.3 is 14.2 Å². The lowest BCUT2D eigenvalue weighted by molar-refractivity contribution is -0.143. The second kappa shape index (κ2) is 7.50. The molecule has 0 N–H and O–H groups in total. The van der Waals surface area contributed by atoms with Crippen molar-refractivity contribution in [3.8, 4) is 0 Å². The third-order valence-electron chi connectivity index (χ3n) is 2.50. The van der Waals surface area contributed by atoms with Gasteiger partial charge in [0.25, 0.3) is 0 Å². The Kier molecular flexibility index (Phi) is 5.98. The van der Waals surface area contributed by atoms with Gasteiger partial charge in [-0.05, 0) is 13.8 Å². The Labute approximate surface area is 111 Å². The van der Waals surface area contributed by atoms with Crippen LogP contribution in [-0.4, -0.2) is 47.1 Å². The van der Waals surface area contributed by atoms with Crippen LogP contribution in [0.5, 0.6) is 0 Å². The molecule has 0 spiro atoms. The predicted octanol–water partition coefficient (Wildman–Crippen LogP) is 0.722. The number of hydrogen-bond acceptors (Lipinski definition) is 6. The largest absolute Gasteiger partial charge is 0.466 e. The number of carbonyl (C=O) groups is 2. The number of hydrogen-bond donors (Lipinski definition) is 0. The fraction of sp³-hybridized carbons (Fsp3) is 0.667. The molecule has 0 aromatic carbocycles. The summed E-state index contributed by atoms with van der Waals surface area (Å²) < 4.78 is 9.71. The van der Waals surface area contributed by atoms with E-state index in [0.29, 0.717) is 31.3 Å². The van der Waals surface area contributed by atoms with Crippen LogP contribution in [0, 0.1) is 6.92 Å². The van der Waals surface area contributed by atoms with Gasteiger partial charge in [-0.15, -0.1) is 0 Å². The van der Waals surface area contributed by atoms with Crippen molar-refractivity contribution in [2.45, 2.75) is 33.1 Å². The average molecular weight is 269 g/mol. The Morgan fingerprint density at radius 1 is 1.37 bits per heavy atom. The summed E-state index contributed by atoms with van der Waals surface area (Å²) >= 11 is 0. The second-order valence-corrected chi connectivity index (χ2v) is 4.11. The standard InChI is InChI=1S/C12H19N3O4/c1-4-18-12(17)7-8-15(3)11(16)6-5-10-13-9(2)14-19-10/h4-8H2,1-3H3. The zero-order valence-corrected chi connectivity index (χ0v) is 11.5. The van der Waals surface area contributed by atoms with Crippen molar-refractivity contribution in [3.05, 3.63) is 11.7 Å². The first-order valence-electron chi connectivity index (χ1n) is 6.21. The fourth-order valence-electron chi connectivity index (χ4n) is 1.46. The molecule has 1 aromatic heterocycles. The molecule has 1 rings (SSSR count). The number of aryl methyl sites for hydroxylation is 2. The quantitative estimate of drug-likeness (QED) is 0.678. The first kappa shape index (κ1) is 15.1. The van der Waals surface area contributed by atoms with E-state index in [1.807, 2.05) is 0 Å². The zero-order valence-electron chi connectivity index (χ0n) is 11.5. The number of amides is 1. The topological polar surface area (TPSA) is 85.5 Å². The van der Waals surface area contributed by atoms with E-state index in [9.17, 15) is 9.59 Å². The van der Waals surface area contributed by atoms with Crippen molar-refractivity contribution >= 4 is 11.9 Å². The third-order valence-corrected chi connectivity index (χ3v) is 2.50. The normalized spacial score (nSPS) is 10.3. The molecule has 0 aliphatic carbocycles. The molecule has 0 saturated heterocycles. The highest BCUT2D eigenvalue weighted by Crippen LogP contribution is 2.03. The van der Waals surface area contributed by atoms with E-state index in [-0.39, 0.29) is 24.7 Å². The molecule has 1 heterocycles. The number of esters is 1. The molecule has 0 atom stereocenters. The van der Waals surface area contributed by atoms with Crippen LogP contribution in [0.2, 0.25) is 0 Å². The smallest absolute Gasteiger partial charge is 0.307 e. The Bertz CT molecular complexity index is 430. The van der Waals surface area contributed by atoms with Gasteiger partial charge in [0, 0.05) is 26.4 Å². The summed E-state index contributed by atoms with van der Waals surface area (Å²) in [7, 11) is 1.65. The highest BCUT2D eigenvalue weighted by Gasteiger charge is 2.13. The molecule has 0 aliphatic heterocycles. The molecular weight excluding hydrogens is 250 g/mol. The van der Waals surface area contributed by atoms with Crippen LogP contribution in [0.3, 0.4) is 0 Å². The maximum atomic E-state index is 11.8. The summed E-state index contributed by atoms with van der Waals surface area (Å²) in [6.07, 6.45) is 0.889. The average Bonchev–Trinajstić information content (AvgIpc) is 2.79. The van der Waals surface area contributed by atoms with Crippen LogP contribution in [-0.2, 0) is 20.7 Å². The second-order valence-electron chi connectivity index (χ2n) is 4.11. The fourth-order valence-corrected chi connectivity index (χ4v) is 1.46. The Morgan fingerprint density at radius 2 is 2.11 bits per heavy atom. The first-order chi connectivity index (χ1) is 9.02. The van der Waals surface area contributed by atoms with Crippen LogP contribution in [0.25, 0.3) is 0 Å². The molecule has 0 radical (unpaired) electrons. The number of ether oxygens (including phenoxy) is 1. The summed E-state index contributed by atoms with van der Waals surface area (Å²) in [6.45, 7) is 4.17. The Balaban J connectivity index is 2.26. The van der Waals surface area contributed by atoms with Gasteiger partial charge in [0.1, 0.15) is 0 Å². The van der Waals surface area contributed by atoms with E-state index >= 15 is 0 Å². The molecule has 19 heavy (non-hydrogen) atoms. The lowest BCUT2D eigenvalue weighted by Gasteiger charge is -2.15. The van der Waals surface area contributed by atoms with Gasteiger partial charge in [0.2, 0.25) is 11.8 Å². The number of carbonyl (C=O) groups excluding carboxylic acids is 2. The lowest BCUT2D eigenvalue weighted by atomic mass is 10.2. The summed E-state index contributed by atoms with van der Waals surface area (Å²) in [6, 6.07) is 0. The summed E-state index contributed by atoms with van der Waals surface area (Å²) in [4.78, 5) is 28.5. The van der Waals surface area contributed by atoms with Gasteiger partial charge in [0.05, 0.1) is 13.0 Å². The van der Waals surface area contributed by atoms with E-state index in [4.69, 9.17) is 9.26 Å². The highest BCUT2D eigenvalue weighted by atomic mass is 16.5. The Hall–Kier alpha value is -1.92. The minimum absolute atomic E-state index is 0.0693. The van der Waals surface area contributed by atoms with Gasteiger partial charge in [-0.25, -0.2) is 0 Å². The molecule has 1 amide bonds. The van der Waals surface area contributed by atoms with Crippen molar-refractivity contribution in [1.29, 1.82) is 0 Å². The van der Waals surface area contributed by atoms with Gasteiger partial charge in [0.15, 0.2) is 5.82 Å². The zero-order chi connectivity index (χ0) is 14.3. The van der Waals surface area contributed by atoms with Gasteiger partial charge >= 0.3 is 5.97 Å². The minimum atomic E-state index is -0.297. The number of aromatic nitrogens is 2. The van der Waals surface area contributed by atoms with Gasteiger partial charge in [-0.1, -0.05) is 5.16 Å². The molecule has 0 fully saturated rings. The van der Waals surface area contributed by atoms with E-state index in [2.05, 4.69) is 10.1 Å². The Morgan fingerprint density at radius 3 is 2.68 bits per heavy atom. The lowest BCUT2D eigenvalue weighted by Crippen LogP contribution is -2.29. The summed E-state index contributed by atoms with van der Waals surface area (Å²) in [5, 5.41) is 3.65. The molecule has 7 heteroatoms. The molecule has 106 valence electrons. The molecular formula is C12H19N3O4. The molecule has 0 saturated carbocycles. The van der Waals surface area contributed by atoms with Crippen LogP contribution >= 0.6 is 0 Å². The molecule has 1 aromatic rings. The van der Waals surface area contributed by atoms with E-state index in [1.165, 1.54) is 4.90 Å². The van der Waals surface area contributed by atoms with E-state index in [1.54, 1.807) is 20.9 Å². The monoisotopic (exact) mass is 269 g/mol. The SMILES string of the molecule is CCOC(=O)CCN(C)C(=O)CCc1nc(C)no1. The van der Waals surface area contributed by atoms with Crippen LogP contribution in [0.15, 0.2) is 4.52 Å². The van der Waals surface area contributed by atoms with Crippen molar-refractivity contribution in [2.24, 2.45) is 0 Å². The van der Waals surface area contributed by atoms with Crippen molar-refractivity contribution in [1.82, 2.24) is 15.0 Å². The predicted molar refractivity (Wildman–Crippen MR) is 66.2 cm³/mol. The summed E-state index contributed by atoms with van der Waals surface area (Å²) in [5.74, 6) is 0.637. The molecule has 0 bridgehead atoms. The third kappa shape index (κ3) is 5.50. The van der Waals surface area contributed by atoms with Crippen molar-refractivity contribution < 1.29 is 18.8 Å². The van der Waals surface area contributed by atoms with Crippen LogP contribution in [0.4, 0.5) is 0 Å². The van der Waals surface area contributed by atoms with E-state index in [0.717, 1.165) is 0 Å². The van der Waals surface area contributed by atoms with Crippen LogP contribution < -0.4 is 0 Å². The highest BCUT2D eigenvalue weighted by molar-refractivity contribution is 5.77. The van der Waals surface area contributed by atoms with Crippen LogP contribution in [0.1, 0.15) is 31.5 Å². The number of nitrogens with zero attached hydrogens (tertiary/aromatic N) is 3. The van der Waals surface area contributed by atoms with Crippen molar-refractivity contribution in [3.63, 3.8) is 0 Å². The summed E-state index contributed by atoms with van der Waals surface area (Å²) in [5.41, 5.74) is 0. The van der Waals surface area contributed by atoms with Crippen molar-refractivity contribution in [2.75, 3.05) is 20.2 Å². The first-order valence-corrected chi connectivity index (χ1v) is 6.21. The molecule has 0 unspecified atom stereocenters.